The van der Waals surface area contributed by atoms with Crippen molar-refractivity contribution >= 4 is 15.9 Å². The summed E-state index contributed by atoms with van der Waals surface area (Å²) in [5.74, 6) is -0.205. The van der Waals surface area contributed by atoms with E-state index in [-0.39, 0.29) is 17.3 Å². The third-order valence-electron chi connectivity index (χ3n) is 2.80. The van der Waals surface area contributed by atoms with E-state index in [1.807, 2.05) is 12.1 Å². The van der Waals surface area contributed by atoms with Crippen molar-refractivity contribution < 1.29 is 4.39 Å². The maximum Gasteiger partial charge on any atom is 0.137 e. The van der Waals surface area contributed by atoms with Gasteiger partial charge in [0.15, 0.2) is 0 Å². The first-order valence-electron chi connectivity index (χ1n) is 6.52. The fraction of sp³-hybridized carbons (Fsp3) is 0.600. The van der Waals surface area contributed by atoms with E-state index in [2.05, 4.69) is 48.9 Å². The van der Waals surface area contributed by atoms with Gasteiger partial charge in [-0.3, -0.25) is 0 Å². The minimum absolute atomic E-state index is 0.205. The fourth-order valence-electron chi connectivity index (χ4n) is 1.97. The fourth-order valence-corrected chi connectivity index (χ4v) is 2.36. The minimum Gasteiger partial charge on any atom is -0.310 e. The van der Waals surface area contributed by atoms with Crippen LogP contribution in [0.15, 0.2) is 22.7 Å². The number of hydrogen-bond donors (Lipinski definition) is 1. The summed E-state index contributed by atoms with van der Waals surface area (Å²) in [4.78, 5) is 0. The normalized spacial score (nSPS) is 13.7. The van der Waals surface area contributed by atoms with Gasteiger partial charge in [-0.1, -0.05) is 33.8 Å². The molecule has 1 aromatic carbocycles. The zero-order chi connectivity index (χ0) is 13.8. The summed E-state index contributed by atoms with van der Waals surface area (Å²) in [5, 5.41) is 3.55. The van der Waals surface area contributed by atoms with Crippen molar-refractivity contribution in [2.75, 3.05) is 6.54 Å². The molecule has 1 nitrogen and oxygen atoms in total. The third kappa shape index (κ3) is 5.07. The maximum atomic E-state index is 13.3. The molecule has 0 amide bonds. The van der Waals surface area contributed by atoms with E-state index in [0.717, 1.165) is 24.9 Å². The lowest BCUT2D eigenvalue weighted by Crippen LogP contribution is -2.26. The van der Waals surface area contributed by atoms with Crippen molar-refractivity contribution in [3.63, 3.8) is 0 Å². The first-order valence-corrected chi connectivity index (χ1v) is 7.31. The monoisotopic (exact) mass is 315 g/mol. The standard InChI is InChI=1S/C15H23BrFN/c1-5-8-18-14(10-15(2,3)4)11-6-7-13(17)12(16)9-11/h6-7,9,14,18H,5,8,10H2,1-4H3. The smallest absolute Gasteiger partial charge is 0.137 e. The molecule has 0 aliphatic carbocycles. The molecule has 1 aromatic rings. The van der Waals surface area contributed by atoms with Crippen LogP contribution in [-0.4, -0.2) is 6.54 Å². The average molecular weight is 316 g/mol. The lowest BCUT2D eigenvalue weighted by molar-refractivity contribution is 0.311. The summed E-state index contributed by atoms with van der Waals surface area (Å²) in [7, 11) is 0. The molecule has 0 aromatic heterocycles. The molecule has 0 heterocycles. The van der Waals surface area contributed by atoms with E-state index in [1.54, 1.807) is 0 Å². The largest absolute Gasteiger partial charge is 0.310 e. The van der Waals surface area contributed by atoms with Gasteiger partial charge in [-0.05, 0) is 58.4 Å². The quantitative estimate of drug-likeness (QED) is 0.800. The Labute approximate surface area is 118 Å². The molecular weight excluding hydrogens is 293 g/mol. The Morgan fingerprint density at radius 2 is 2.00 bits per heavy atom. The van der Waals surface area contributed by atoms with E-state index in [9.17, 15) is 4.39 Å². The molecule has 0 spiro atoms. The Balaban J connectivity index is 2.90. The number of rotatable bonds is 5. The Hall–Kier alpha value is -0.410. The van der Waals surface area contributed by atoms with Crippen LogP contribution < -0.4 is 5.32 Å². The van der Waals surface area contributed by atoms with Crippen LogP contribution in [0.1, 0.15) is 52.1 Å². The summed E-state index contributed by atoms with van der Waals surface area (Å²) in [6, 6.07) is 5.57. The molecule has 3 heteroatoms. The number of benzene rings is 1. The van der Waals surface area contributed by atoms with E-state index in [0.29, 0.717) is 4.47 Å². The van der Waals surface area contributed by atoms with Crippen molar-refractivity contribution in [3.8, 4) is 0 Å². The average Bonchev–Trinajstić information content (AvgIpc) is 2.26. The summed E-state index contributed by atoms with van der Waals surface area (Å²) in [6.45, 7) is 9.82. The van der Waals surface area contributed by atoms with E-state index < -0.39 is 0 Å². The van der Waals surface area contributed by atoms with Crippen LogP contribution in [0.3, 0.4) is 0 Å². The molecule has 0 saturated carbocycles. The van der Waals surface area contributed by atoms with Gasteiger partial charge in [-0.25, -0.2) is 4.39 Å². The topological polar surface area (TPSA) is 12.0 Å². The first kappa shape index (κ1) is 15.6. The van der Waals surface area contributed by atoms with E-state index in [1.165, 1.54) is 6.07 Å². The van der Waals surface area contributed by atoms with Crippen molar-refractivity contribution in [1.29, 1.82) is 0 Å². The van der Waals surface area contributed by atoms with Crippen molar-refractivity contribution in [3.05, 3.63) is 34.1 Å². The molecule has 0 fully saturated rings. The van der Waals surface area contributed by atoms with Gasteiger partial charge in [-0.2, -0.15) is 0 Å². The predicted octanol–water partition coefficient (Wildman–Crippen LogP) is 5.07. The van der Waals surface area contributed by atoms with Crippen LogP contribution in [0.4, 0.5) is 4.39 Å². The highest BCUT2D eigenvalue weighted by molar-refractivity contribution is 9.10. The molecule has 1 N–H and O–H groups in total. The van der Waals surface area contributed by atoms with Crippen molar-refractivity contribution in [2.24, 2.45) is 5.41 Å². The van der Waals surface area contributed by atoms with Crippen LogP contribution in [0.5, 0.6) is 0 Å². The molecule has 0 aliphatic heterocycles. The van der Waals surface area contributed by atoms with E-state index >= 15 is 0 Å². The predicted molar refractivity (Wildman–Crippen MR) is 79.2 cm³/mol. The maximum absolute atomic E-state index is 13.3. The van der Waals surface area contributed by atoms with Crippen LogP contribution in [0.25, 0.3) is 0 Å². The van der Waals surface area contributed by atoms with Gasteiger partial charge in [0.2, 0.25) is 0 Å². The summed E-state index contributed by atoms with van der Waals surface area (Å²) in [6.07, 6.45) is 2.13. The Kier molecular flexibility index (Phi) is 5.80. The highest BCUT2D eigenvalue weighted by Gasteiger charge is 2.20. The van der Waals surface area contributed by atoms with Crippen LogP contribution >= 0.6 is 15.9 Å². The molecule has 1 atom stereocenters. The molecule has 0 aliphatic rings. The van der Waals surface area contributed by atoms with Crippen LogP contribution in [0, 0.1) is 11.2 Å². The summed E-state index contributed by atoms with van der Waals surface area (Å²) < 4.78 is 13.8. The molecule has 1 unspecified atom stereocenters. The van der Waals surface area contributed by atoms with Gasteiger partial charge >= 0.3 is 0 Å². The molecular formula is C15H23BrFN. The van der Waals surface area contributed by atoms with Crippen LogP contribution in [0.2, 0.25) is 0 Å². The highest BCUT2D eigenvalue weighted by atomic mass is 79.9. The SMILES string of the molecule is CCCNC(CC(C)(C)C)c1ccc(F)c(Br)c1. The molecule has 0 radical (unpaired) electrons. The number of halogens is 2. The second-order valence-electron chi connectivity index (χ2n) is 5.95. The molecule has 0 saturated heterocycles. The Morgan fingerprint density at radius 3 is 2.50 bits per heavy atom. The van der Waals surface area contributed by atoms with Crippen molar-refractivity contribution in [2.45, 2.75) is 46.6 Å². The Morgan fingerprint density at radius 1 is 1.33 bits per heavy atom. The highest BCUT2D eigenvalue weighted by Crippen LogP contribution is 2.31. The second-order valence-corrected chi connectivity index (χ2v) is 6.80. The lowest BCUT2D eigenvalue weighted by atomic mass is 9.85. The first-order chi connectivity index (χ1) is 8.33. The summed E-state index contributed by atoms with van der Waals surface area (Å²) >= 11 is 3.26. The second kappa shape index (κ2) is 6.67. The molecule has 0 bridgehead atoms. The molecule has 1 rings (SSSR count). The minimum atomic E-state index is -0.205. The van der Waals surface area contributed by atoms with Gasteiger partial charge in [0.05, 0.1) is 4.47 Å². The molecule has 102 valence electrons. The van der Waals surface area contributed by atoms with E-state index in [4.69, 9.17) is 0 Å². The van der Waals surface area contributed by atoms with Gasteiger partial charge in [-0.15, -0.1) is 0 Å². The molecule has 18 heavy (non-hydrogen) atoms. The Bertz CT molecular complexity index is 385. The van der Waals surface area contributed by atoms with Crippen LogP contribution in [-0.2, 0) is 0 Å². The van der Waals surface area contributed by atoms with Crippen molar-refractivity contribution in [1.82, 2.24) is 5.32 Å². The zero-order valence-corrected chi connectivity index (χ0v) is 13.3. The summed E-state index contributed by atoms with van der Waals surface area (Å²) in [5.41, 5.74) is 1.39. The third-order valence-corrected chi connectivity index (χ3v) is 3.41. The number of nitrogens with one attached hydrogen (secondary N) is 1. The zero-order valence-electron chi connectivity index (χ0n) is 11.7. The van der Waals surface area contributed by atoms with Gasteiger partial charge in [0.1, 0.15) is 5.82 Å². The van der Waals surface area contributed by atoms with Gasteiger partial charge in [0, 0.05) is 6.04 Å². The van der Waals surface area contributed by atoms with Gasteiger partial charge in [0.25, 0.3) is 0 Å². The number of hydrogen-bond acceptors (Lipinski definition) is 1. The van der Waals surface area contributed by atoms with Gasteiger partial charge < -0.3 is 5.32 Å². The lowest BCUT2D eigenvalue weighted by Gasteiger charge is -2.27.